The van der Waals surface area contributed by atoms with Crippen LogP contribution in [0.4, 0.5) is 0 Å². The van der Waals surface area contributed by atoms with Crippen molar-refractivity contribution in [2.45, 2.75) is 12.8 Å². The second-order valence-electron chi connectivity index (χ2n) is 5.15. The van der Waals surface area contributed by atoms with Crippen LogP contribution in [-0.2, 0) is 9.53 Å². The Morgan fingerprint density at radius 2 is 1.90 bits per heavy atom. The second-order valence-corrected chi connectivity index (χ2v) is 5.15. The lowest BCUT2D eigenvalue weighted by atomic mass is 9.93. The van der Waals surface area contributed by atoms with Gasteiger partial charge in [-0.1, -0.05) is 41.6 Å². The highest BCUT2D eigenvalue weighted by atomic mass is 16.5. The van der Waals surface area contributed by atoms with Crippen molar-refractivity contribution in [1.29, 1.82) is 0 Å². The van der Waals surface area contributed by atoms with Crippen molar-refractivity contribution in [1.82, 2.24) is 0 Å². The predicted molar refractivity (Wildman–Crippen MR) is 79.9 cm³/mol. The largest absolute Gasteiger partial charge is 0.468 e. The first-order chi connectivity index (χ1) is 9.63. The molecule has 1 aliphatic carbocycles. The third-order valence-corrected chi connectivity index (χ3v) is 3.64. The summed E-state index contributed by atoms with van der Waals surface area (Å²) in [5.74, 6) is 5.93. The molecule has 0 aliphatic heterocycles. The Hall–Kier alpha value is -2.21. The van der Waals surface area contributed by atoms with Gasteiger partial charge in [-0.2, -0.15) is 0 Å². The van der Waals surface area contributed by atoms with Crippen molar-refractivity contribution in [2.75, 3.05) is 7.11 Å². The lowest BCUT2D eigenvalue weighted by Gasteiger charge is -2.03. The standard InChI is InChI=1S/C17H13BO2/c1-20-16(19)17(8-9-17)7-6-12-2-3-14-11-15(18)5-4-13(14)10-12/h2-5,10-11H,8-9H2,1H3. The molecule has 2 radical (unpaired) electrons. The zero-order valence-corrected chi connectivity index (χ0v) is 11.3. The monoisotopic (exact) mass is 260 g/mol. The summed E-state index contributed by atoms with van der Waals surface area (Å²) in [6.07, 6.45) is 1.58. The molecule has 0 atom stereocenters. The van der Waals surface area contributed by atoms with Gasteiger partial charge in [0.15, 0.2) is 0 Å². The number of methoxy groups -OCH3 is 1. The third kappa shape index (κ3) is 2.30. The van der Waals surface area contributed by atoms with Crippen LogP contribution in [0.3, 0.4) is 0 Å². The molecule has 0 spiro atoms. The van der Waals surface area contributed by atoms with Crippen molar-refractivity contribution < 1.29 is 9.53 Å². The zero-order valence-electron chi connectivity index (χ0n) is 11.3. The summed E-state index contributed by atoms with van der Waals surface area (Å²) in [7, 11) is 7.16. The van der Waals surface area contributed by atoms with Crippen molar-refractivity contribution in [2.24, 2.45) is 5.41 Å². The van der Waals surface area contributed by atoms with E-state index in [1.807, 2.05) is 36.4 Å². The van der Waals surface area contributed by atoms with Crippen molar-refractivity contribution >= 4 is 30.1 Å². The molecule has 2 aromatic carbocycles. The highest BCUT2D eigenvalue weighted by molar-refractivity contribution is 6.33. The zero-order chi connectivity index (χ0) is 14.2. The van der Waals surface area contributed by atoms with E-state index in [9.17, 15) is 4.79 Å². The molecule has 0 unspecified atom stereocenters. The molecule has 0 aromatic heterocycles. The van der Waals surface area contributed by atoms with Gasteiger partial charge in [0.1, 0.15) is 13.3 Å². The highest BCUT2D eigenvalue weighted by Gasteiger charge is 2.50. The highest BCUT2D eigenvalue weighted by Crippen LogP contribution is 2.46. The summed E-state index contributed by atoms with van der Waals surface area (Å²) in [6, 6.07) is 11.7. The maximum Gasteiger partial charge on any atom is 0.324 e. The SMILES string of the molecule is [B]c1ccc2cc(C#CC3(C(=O)OC)CC3)ccc2c1. The van der Waals surface area contributed by atoms with E-state index in [2.05, 4.69) is 11.8 Å². The van der Waals surface area contributed by atoms with Gasteiger partial charge < -0.3 is 4.74 Å². The van der Waals surface area contributed by atoms with Gasteiger partial charge in [-0.25, -0.2) is 0 Å². The Kier molecular flexibility index (Phi) is 3.02. The Morgan fingerprint density at radius 3 is 2.60 bits per heavy atom. The van der Waals surface area contributed by atoms with Gasteiger partial charge in [0.25, 0.3) is 0 Å². The number of carbonyl (C=O) groups is 1. The minimum atomic E-state index is -0.565. The minimum absolute atomic E-state index is 0.224. The lowest BCUT2D eigenvalue weighted by Crippen LogP contribution is -2.15. The minimum Gasteiger partial charge on any atom is -0.468 e. The first kappa shape index (κ1) is 12.8. The van der Waals surface area contributed by atoms with Crippen LogP contribution in [0.25, 0.3) is 10.8 Å². The average molecular weight is 260 g/mol. The molecule has 3 rings (SSSR count). The molecular formula is C17H13BO2. The van der Waals surface area contributed by atoms with Crippen LogP contribution in [-0.4, -0.2) is 20.9 Å². The number of benzene rings is 2. The Balaban J connectivity index is 1.93. The molecule has 0 heterocycles. The van der Waals surface area contributed by atoms with Crippen LogP contribution in [0.15, 0.2) is 36.4 Å². The Labute approximate surface area is 119 Å². The molecule has 1 saturated carbocycles. The smallest absolute Gasteiger partial charge is 0.324 e. The molecule has 1 aliphatic rings. The third-order valence-electron chi connectivity index (χ3n) is 3.64. The number of ether oxygens (including phenoxy) is 1. The van der Waals surface area contributed by atoms with Crippen molar-refractivity contribution in [3.8, 4) is 11.8 Å². The van der Waals surface area contributed by atoms with E-state index in [1.54, 1.807) is 0 Å². The fourth-order valence-electron chi connectivity index (χ4n) is 2.23. The van der Waals surface area contributed by atoms with Gasteiger partial charge in [-0.05, 0) is 35.7 Å². The van der Waals surface area contributed by atoms with E-state index >= 15 is 0 Å². The molecule has 0 bridgehead atoms. The van der Waals surface area contributed by atoms with Crippen LogP contribution in [0, 0.1) is 17.3 Å². The molecule has 0 amide bonds. The molecule has 2 aromatic rings. The van der Waals surface area contributed by atoms with Gasteiger partial charge >= 0.3 is 5.97 Å². The fraction of sp³-hybridized carbons (Fsp3) is 0.235. The lowest BCUT2D eigenvalue weighted by molar-refractivity contribution is -0.144. The Bertz CT molecular complexity index is 748. The molecular weight excluding hydrogens is 247 g/mol. The summed E-state index contributed by atoms with van der Waals surface area (Å²) in [5.41, 5.74) is 1.08. The van der Waals surface area contributed by atoms with E-state index in [1.165, 1.54) is 7.11 Å². The van der Waals surface area contributed by atoms with E-state index in [4.69, 9.17) is 12.6 Å². The quantitative estimate of drug-likeness (QED) is 0.445. The molecule has 0 saturated heterocycles. The van der Waals surface area contributed by atoms with Crippen LogP contribution in [0.2, 0.25) is 0 Å². The summed E-state index contributed by atoms with van der Waals surface area (Å²) in [5, 5.41) is 2.18. The first-order valence-electron chi connectivity index (χ1n) is 6.54. The van der Waals surface area contributed by atoms with Gasteiger partial charge in [0.2, 0.25) is 0 Å². The van der Waals surface area contributed by atoms with E-state index in [-0.39, 0.29) is 5.97 Å². The topological polar surface area (TPSA) is 26.3 Å². The molecule has 1 fully saturated rings. The van der Waals surface area contributed by atoms with Crippen LogP contribution < -0.4 is 5.46 Å². The number of hydrogen-bond acceptors (Lipinski definition) is 2. The van der Waals surface area contributed by atoms with Gasteiger partial charge in [-0.3, -0.25) is 4.79 Å². The van der Waals surface area contributed by atoms with Crippen LogP contribution >= 0.6 is 0 Å². The van der Waals surface area contributed by atoms with Crippen LogP contribution in [0.5, 0.6) is 0 Å². The van der Waals surface area contributed by atoms with Gasteiger partial charge in [0.05, 0.1) is 7.11 Å². The molecule has 2 nitrogen and oxygen atoms in total. The van der Waals surface area contributed by atoms with Gasteiger partial charge in [-0.15, -0.1) is 0 Å². The van der Waals surface area contributed by atoms with Gasteiger partial charge in [0, 0.05) is 5.56 Å². The Morgan fingerprint density at radius 1 is 1.20 bits per heavy atom. The summed E-state index contributed by atoms with van der Waals surface area (Å²) < 4.78 is 4.79. The molecule has 20 heavy (non-hydrogen) atoms. The number of hydrogen-bond donors (Lipinski definition) is 0. The van der Waals surface area contributed by atoms with E-state index < -0.39 is 5.41 Å². The summed E-state index contributed by atoms with van der Waals surface area (Å²) in [4.78, 5) is 11.6. The normalized spacial score (nSPS) is 15.2. The average Bonchev–Trinajstić information content (AvgIpc) is 3.25. The fourth-order valence-corrected chi connectivity index (χ4v) is 2.23. The van der Waals surface area contributed by atoms with Crippen molar-refractivity contribution in [3.05, 3.63) is 42.0 Å². The molecule has 3 heteroatoms. The van der Waals surface area contributed by atoms with E-state index in [0.29, 0.717) is 0 Å². The summed E-state index contributed by atoms with van der Waals surface area (Å²) >= 11 is 0. The van der Waals surface area contributed by atoms with E-state index in [0.717, 1.165) is 34.6 Å². The summed E-state index contributed by atoms with van der Waals surface area (Å²) in [6.45, 7) is 0. The number of esters is 1. The number of carbonyl (C=O) groups excluding carboxylic acids is 1. The number of fused-ring (bicyclic) bond motifs is 1. The second kappa shape index (κ2) is 4.72. The predicted octanol–water partition coefficient (Wildman–Crippen LogP) is 1.94. The first-order valence-corrected chi connectivity index (χ1v) is 6.54. The molecule has 0 N–H and O–H groups in total. The number of rotatable bonds is 1. The van der Waals surface area contributed by atoms with Crippen molar-refractivity contribution in [3.63, 3.8) is 0 Å². The maximum absolute atomic E-state index is 11.6. The molecule has 96 valence electrons. The van der Waals surface area contributed by atoms with Crippen LogP contribution in [0.1, 0.15) is 18.4 Å². The maximum atomic E-state index is 11.6.